The maximum Gasteiger partial charge on any atom is 0.263 e. The molecule has 0 bridgehead atoms. The smallest absolute Gasteiger partial charge is 0.263 e. The molecule has 1 amide bonds. The number of nitriles is 1. The molecule has 1 fully saturated rings. The Balaban J connectivity index is 2.43. The number of amides is 1. The highest BCUT2D eigenvalue weighted by molar-refractivity contribution is 5.97. The zero-order valence-corrected chi connectivity index (χ0v) is 11.7. The zero-order valence-electron chi connectivity index (χ0n) is 11.7. The summed E-state index contributed by atoms with van der Waals surface area (Å²) < 4.78 is 4.90. The molecule has 0 spiro atoms. The number of piperazine rings is 1. The molecule has 0 radical (unpaired) electrons. The minimum Gasteiger partial charge on any atom is -0.385 e. The van der Waals surface area contributed by atoms with Crippen LogP contribution in [-0.2, 0) is 9.53 Å². The van der Waals surface area contributed by atoms with Crippen molar-refractivity contribution >= 4 is 5.91 Å². The maximum absolute atomic E-state index is 11.8. The van der Waals surface area contributed by atoms with E-state index < -0.39 is 0 Å². The van der Waals surface area contributed by atoms with E-state index in [2.05, 4.69) is 17.3 Å². The SMILES string of the molecule is COCCCNC(=O)/C(C#N)=C\N1CCN(C)CC1. The van der Waals surface area contributed by atoms with Gasteiger partial charge in [-0.25, -0.2) is 0 Å². The van der Waals surface area contributed by atoms with E-state index in [1.54, 1.807) is 13.3 Å². The number of hydrogen-bond acceptors (Lipinski definition) is 5. The number of rotatable bonds is 6. The second-order valence-corrected chi connectivity index (χ2v) is 4.60. The monoisotopic (exact) mass is 266 g/mol. The predicted octanol–water partition coefficient (Wildman–Crippen LogP) is -0.206. The Labute approximate surface area is 114 Å². The van der Waals surface area contributed by atoms with Crippen LogP contribution in [0.2, 0.25) is 0 Å². The Hall–Kier alpha value is -1.58. The fourth-order valence-corrected chi connectivity index (χ4v) is 1.79. The molecule has 106 valence electrons. The van der Waals surface area contributed by atoms with Crippen molar-refractivity contribution in [3.63, 3.8) is 0 Å². The van der Waals surface area contributed by atoms with Gasteiger partial charge in [0, 0.05) is 52.6 Å². The first-order valence-electron chi connectivity index (χ1n) is 6.49. The van der Waals surface area contributed by atoms with Crippen molar-refractivity contribution in [2.45, 2.75) is 6.42 Å². The van der Waals surface area contributed by atoms with Crippen LogP contribution in [0.15, 0.2) is 11.8 Å². The molecule has 1 aliphatic rings. The number of likely N-dealkylation sites (N-methyl/N-ethyl adjacent to an activating group) is 1. The normalized spacial score (nSPS) is 17.1. The molecular formula is C13H22N4O2. The van der Waals surface area contributed by atoms with E-state index in [1.807, 2.05) is 11.0 Å². The van der Waals surface area contributed by atoms with Crippen molar-refractivity contribution in [3.05, 3.63) is 11.8 Å². The maximum atomic E-state index is 11.8. The van der Waals surface area contributed by atoms with Crippen molar-refractivity contribution in [2.75, 3.05) is 53.5 Å². The van der Waals surface area contributed by atoms with Crippen LogP contribution in [0, 0.1) is 11.3 Å². The van der Waals surface area contributed by atoms with Crippen LogP contribution < -0.4 is 5.32 Å². The number of hydrogen-bond donors (Lipinski definition) is 1. The van der Waals surface area contributed by atoms with Gasteiger partial charge in [-0.1, -0.05) is 0 Å². The number of nitrogens with one attached hydrogen (secondary N) is 1. The summed E-state index contributed by atoms with van der Waals surface area (Å²) in [5, 5.41) is 11.8. The van der Waals surface area contributed by atoms with Gasteiger partial charge in [-0.05, 0) is 13.5 Å². The highest BCUT2D eigenvalue weighted by atomic mass is 16.5. The topological polar surface area (TPSA) is 68.6 Å². The average molecular weight is 266 g/mol. The van der Waals surface area contributed by atoms with E-state index in [0.717, 1.165) is 32.6 Å². The molecule has 1 N–H and O–H groups in total. The van der Waals surface area contributed by atoms with Crippen LogP contribution >= 0.6 is 0 Å². The predicted molar refractivity (Wildman–Crippen MR) is 72.3 cm³/mol. The number of carbonyl (C=O) groups is 1. The van der Waals surface area contributed by atoms with Gasteiger partial charge in [-0.2, -0.15) is 5.26 Å². The number of ether oxygens (including phenoxy) is 1. The molecule has 0 aromatic rings. The van der Waals surface area contributed by atoms with Crippen LogP contribution in [0.4, 0.5) is 0 Å². The zero-order chi connectivity index (χ0) is 14.1. The molecule has 0 aromatic heterocycles. The lowest BCUT2D eigenvalue weighted by Crippen LogP contribution is -2.42. The molecule has 0 saturated carbocycles. The highest BCUT2D eigenvalue weighted by Gasteiger charge is 2.14. The van der Waals surface area contributed by atoms with E-state index in [4.69, 9.17) is 10.00 Å². The van der Waals surface area contributed by atoms with Gasteiger partial charge in [0.1, 0.15) is 11.6 Å². The van der Waals surface area contributed by atoms with E-state index in [0.29, 0.717) is 13.2 Å². The van der Waals surface area contributed by atoms with Gasteiger partial charge in [0.05, 0.1) is 0 Å². The van der Waals surface area contributed by atoms with Gasteiger partial charge in [-0.3, -0.25) is 4.79 Å². The summed E-state index contributed by atoms with van der Waals surface area (Å²) in [4.78, 5) is 16.0. The van der Waals surface area contributed by atoms with E-state index in [9.17, 15) is 4.79 Å². The number of carbonyl (C=O) groups excluding carboxylic acids is 1. The molecule has 1 heterocycles. The average Bonchev–Trinajstić information content (AvgIpc) is 2.42. The first-order valence-corrected chi connectivity index (χ1v) is 6.49. The summed E-state index contributed by atoms with van der Waals surface area (Å²) in [5.41, 5.74) is 0.168. The summed E-state index contributed by atoms with van der Waals surface area (Å²) in [6, 6.07) is 1.96. The Kier molecular flexibility index (Phi) is 6.93. The lowest BCUT2D eigenvalue weighted by Gasteiger charge is -2.31. The van der Waals surface area contributed by atoms with Crippen molar-refractivity contribution in [2.24, 2.45) is 0 Å². The summed E-state index contributed by atoms with van der Waals surface area (Å²) in [7, 11) is 3.69. The van der Waals surface area contributed by atoms with E-state index >= 15 is 0 Å². The van der Waals surface area contributed by atoms with Crippen LogP contribution in [0.5, 0.6) is 0 Å². The summed E-state index contributed by atoms with van der Waals surface area (Å²) in [5.74, 6) is -0.308. The van der Waals surface area contributed by atoms with Crippen molar-refractivity contribution in [3.8, 4) is 6.07 Å². The minimum absolute atomic E-state index is 0.168. The first-order chi connectivity index (χ1) is 9.17. The molecule has 19 heavy (non-hydrogen) atoms. The van der Waals surface area contributed by atoms with E-state index in [1.165, 1.54) is 0 Å². The molecular weight excluding hydrogens is 244 g/mol. The lowest BCUT2D eigenvalue weighted by molar-refractivity contribution is -0.117. The third-order valence-electron chi connectivity index (χ3n) is 3.03. The molecule has 1 aliphatic heterocycles. The Morgan fingerprint density at radius 1 is 1.42 bits per heavy atom. The molecule has 6 nitrogen and oxygen atoms in total. The molecule has 6 heteroatoms. The van der Waals surface area contributed by atoms with Crippen LogP contribution in [0.25, 0.3) is 0 Å². The van der Waals surface area contributed by atoms with Gasteiger partial charge >= 0.3 is 0 Å². The van der Waals surface area contributed by atoms with Crippen LogP contribution in [0.3, 0.4) is 0 Å². The molecule has 1 rings (SSSR count). The van der Waals surface area contributed by atoms with E-state index in [-0.39, 0.29) is 11.5 Å². The van der Waals surface area contributed by atoms with Crippen LogP contribution in [0.1, 0.15) is 6.42 Å². The molecule has 0 unspecified atom stereocenters. The second kappa shape index (κ2) is 8.51. The van der Waals surface area contributed by atoms with Gasteiger partial charge in [-0.15, -0.1) is 0 Å². The summed E-state index contributed by atoms with van der Waals surface area (Å²) in [6.45, 7) is 4.71. The highest BCUT2D eigenvalue weighted by Crippen LogP contribution is 2.03. The third kappa shape index (κ3) is 5.73. The quantitative estimate of drug-likeness (QED) is 0.409. The fraction of sp³-hybridized carbons (Fsp3) is 0.692. The molecule has 1 saturated heterocycles. The molecule has 0 aliphatic carbocycles. The fourth-order valence-electron chi connectivity index (χ4n) is 1.79. The van der Waals surface area contributed by atoms with Gasteiger partial charge in [0.25, 0.3) is 5.91 Å². The molecule has 0 aromatic carbocycles. The minimum atomic E-state index is -0.308. The number of methoxy groups -OCH3 is 1. The van der Waals surface area contributed by atoms with Crippen molar-refractivity contribution < 1.29 is 9.53 Å². The molecule has 0 atom stereocenters. The van der Waals surface area contributed by atoms with Crippen molar-refractivity contribution in [1.29, 1.82) is 5.26 Å². The number of nitrogens with zero attached hydrogens (tertiary/aromatic N) is 3. The standard InChI is InChI=1S/C13H22N4O2/c1-16-5-7-17(8-6-16)11-12(10-14)13(18)15-4-3-9-19-2/h11H,3-9H2,1-2H3,(H,15,18)/b12-11-. The largest absolute Gasteiger partial charge is 0.385 e. The van der Waals surface area contributed by atoms with Gasteiger partial charge < -0.3 is 19.9 Å². The second-order valence-electron chi connectivity index (χ2n) is 4.60. The summed E-state index contributed by atoms with van der Waals surface area (Å²) in [6.07, 6.45) is 2.41. The first kappa shape index (κ1) is 15.5. The lowest BCUT2D eigenvalue weighted by atomic mass is 10.2. The Morgan fingerprint density at radius 2 is 2.11 bits per heavy atom. The van der Waals surface area contributed by atoms with Gasteiger partial charge in [0.2, 0.25) is 0 Å². The van der Waals surface area contributed by atoms with Gasteiger partial charge in [0.15, 0.2) is 0 Å². The Bertz CT molecular complexity index is 354. The summed E-state index contributed by atoms with van der Waals surface area (Å²) >= 11 is 0. The van der Waals surface area contributed by atoms with Crippen molar-refractivity contribution in [1.82, 2.24) is 15.1 Å². The third-order valence-corrected chi connectivity index (χ3v) is 3.03. The Morgan fingerprint density at radius 3 is 2.68 bits per heavy atom. The van der Waals surface area contributed by atoms with Crippen LogP contribution in [-0.4, -0.2) is 69.2 Å².